The second-order valence-electron chi connectivity index (χ2n) is 8.93. The first-order valence-electron chi connectivity index (χ1n) is 11.3. The third kappa shape index (κ3) is 5.18. The number of pyridine rings is 1. The number of benzene rings is 2. The van der Waals surface area contributed by atoms with Crippen molar-refractivity contribution in [3.8, 4) is 0 Å². The van der Waals surface area contributed by atoms with Gasteiger partial charge in [0.25, 0.3) is 5.56 Å². The molecule has 168 valence electrons. The van der Waals surface area contributed by atoms with Crippen molar-refractivity contribution in [2.24, 2.45) is 0 Å². The Labute approximate surface area is 187 Å². The zero-order valence-electron chi connectivity index (χ0n) is 18.7. The Bertz CT molecular complexity index is 1160. The molecular weight excluding hydrogens is 405 g/mol. The lowest BCUT2D eigenvalue weighted by atomic mass is 9.96. The third-order valence-corrected chi connectivity index (χ3v) is 6.26. The molecule has 32 heavy (non-hydrogen) atoms. The zero-order chi connectivity index (χ0) is 22.7. The first-order chi connectivity index (χ1) is 15.4. The molecule has 1 aliphatic rings. The number of nitrogens with zero attached hydrogens (tertiary/aromatic N) is 1. The topological polar surface area (TPSA) is 65.2 Å². The first kappa shape index (κ1) is 22.1. The van der Waals surface area contributed by atoms with E-state index < -0.39 is 0 Å². The van der Waals surface area contributed by atoms with Crippen LogP contribution in [0.1, 0.15) is 54.4 Å². The molecule has 0 unspecified atom stereocenters. The van der Waals surface area contributed by atoms with Gasteiger partial charge in [0.15, 0.2) is 0 Å². The summed E-state index contributed by atoms with van der Waals surface area (Å²) in [7, 11) is 0. The molecule has 0 atom stereocenters. The second-order valence-corrected chi connectivity index (χ2v) is 8.93. The van der Waals surface area contributed by atoms with Crippen LogP contribution in [0, 0.1) is 19.7 Å². The minimum absolute atomic E-state index is 0.159. The minimum atomic E-state index is -0.316. The summed E-state index contributed by atoms with van der Waals surface area (Å²) in [4.78, 5) is 30.7. The first-order valence-corrected chi connectivity index (χ1v) is 11.3. The zero-order valence-corrected chi connectivity index (χ0v) is 18.7. The Morgan fingerprint density at radius 1 is 1.06 bits per heavy atom. The van der Waals surface area contributed by atoms with Gasteiger partial charge < -0.3 is 15.2 Å². The number of rotatable bonds is 5. The molecular formula is C26H30FN3O2. The number of nitrogens with one attached hydrogen (secondary N) is 2. The number of urea groups is 1. The summed E-state index contributed by atoms with van der Waals surface area (Å²) in [5, 5.41) is 4.12. The normalized spacial score (nSPS) is 14.5. The summed E-state index contributed by atoms with van der Waals surface area (Å²) in [5.41, 5.74) is 4.11. The predicted octanol–water partition coefficient (Wildman–Crippen LogP) is 5.33. The van der Waals surface area contributed by atoms with E-state index in [0.29, 0.717) is 12.1 Å². The molecule has 4 rings (SSSR count). The van der Waals surface area contributed by atoms with Crippen LogP contribution >= 0.6 is 0 Å². The lowest BCUT2D eigenvalue weighted by Gasteiger charge is -2.28. The van der Waals surface area contributed by atoms with E-state index in [1.807, 2.05) is 26.0 Å². The summed E-state index contributed by atoms with van der Waals surface area (Å²) in [5.74, 6) is -0.316. The third-order valence-electron chi connectivity index (χ3n) is 6.26. The van der Waals surface area contributed by atoms with Gasteiger partial charge in [-0.05, 0) is 67.6 Å². The minimum Gasteiger partial charge on any atom is -0.335 e. The summed E-state index contributed by atoms with van der Waals surface area (Å²) >= 11 is 0. The highest BCUT2D eigenvalue weighted by atomic mass is 19.1. The van der Waals surface area contributed by atoms with Crippen LogP contribution in [0.4, 0.5) is 9.18 Å². The maximum Gasteiger partial charge on any atom is 0.318 e. The van der Waals surface area contributed by atoms with Crippen LogP contribution in [-0.2, 0) is 13.1 Å². The van der Waals surface area contributed by atoms with Gasteiger partial charge in [-0.1, -0.05) is 37.5 Å². The van der Waals surface area contributed by atoms with E-state index >= 15 is 0 Å². The predicted molar refractivity (Wildman–Crippen MR) is 125 cm³/mol. The molecule has 0 saturated heterocycles. The number of carbonyl (C=O) groups excluding carboxylic acids is 1. The summed E-state index contributed by atoms with van der Waals surface area (Å²) in [6.45, 7) is 4.49. The van der Waals surface area contributed by atoms with E-state index in [1.165, 1.54) is 18.6 Å². The van der Waals surface area contributed by atoms with E-state index in [1.54, 1.807) is 17.0 Å². The summed E-state index contributed by atoms with van der Waals surface area (Å²) in [6.07, 6.45) is 5.39. The number of aryl methyl sites for hydroxylation is 2. The molecule has 0 spiro atoms. The number of halogens is 1. The van der Waals surface area contributed by atoms with Crippen LogP contribution in [0.15, 0.2) is 47.3 Å². The SMILES string of the molecule is Cc1cc(C)c2cc(CN(Cc3ccc(F)cc3)C(=O)NC3CCCCC3)c(=O)[nH]c2c1. The van der Waals surface area contributed by atoms with E-state index in [-0.39, 0.29) is 30.0 Å². The van der Waals surface area contributed by atoms with E-state index in [9.17, 15) is 14.0 Å². The number of aromatic nitrogens is 1. The fourth-order valence-corrected chi connectivity index (χ4v) is 4.56. The van der Waals surface area contributed by atoms with Crippen LogP contribution in [0.2, 0.25) is 0 Å². The second kappa shape index (κ2) is 9.55. The molecule has 2 amide bonds. The van der Waals surface area contributed by atoms with Crippen molar-refractivity contribution in [3.05, 3.63) is 80.9 Å². The Morgan fingerprint density at radius 3 is 2.50 bits per heavy atom. The Kier molecular flexibility index (Phi) is 6.58. The molecule has 1 aliphatic carbocycles. The maximum absolute atomic E-state index is 13.4. The molecule has 1 aromatic heterocycles. The van der Waals surface area contributed by atoms with Crippen molar-refractivity contribution in [1.82, 2.24) is 15.2 Å². The lowest BCUT2D eigenvalue weighted by molar-refractivity contribution is 0.184. The van der Waals surface area contributed by atoms with E-state index in [2.05, 4.69) is 16.4 Å². The van der Waals surface area contributed by atoms with Gasteiger partial charge in [0, 0.05) is 29.1 Å². The average Bonchev–Trinajstić information content (AvgIpc) is 2.76. The fraction of sp³-hybridized carbons (Fsp3) is 0.385. The van der Waals surface area contributed by atoms with Crippen molar-refractivity contribution >= 4 is 16.9 Å². The highest BCUT2D eigenvalue weighted by Crippen LogP contribution is 2.21. The van der Waals surface area contributed by atoms with Crippen molar-refractivity contribution in [3.63, 3.8) is 0 Å². The molecule has 0 radical (unpaired) electrons. The smallest absolute Gasteiger partial charge is 0.318 e. The van der Waals surface area contributed by atoms with Gasteiger partial charge in [0.05, 0.1) is 6.54 Å². The van der Waals surface area contributed by atoms with Crippen LogP contribution in [-0.4, -0.2) is 22.0 Å². The van der Waals surface area contributed by atoms with Crippen LogP contribution in [0.5, 0.6) is 0 Å². The Hall–Kier alpha value is -3.15. The number of H-pyrrole nitrogens is 1. The molecule has 2 N–H and O–H groups in total. The lowest BCUT2D eigenvalue weighted by Crippen LogP contribution is -2.45. The van der Waals surface area contributed by atoms with Crippen molar-refractivity contribution < 1.29 is 9.18 Å². The summed E-state index contributed by atoms with van der Waals surface area (Å²) in [6, 6.07) is 12.0. The number of fused-ring (bicyclic) bond motifs is 1. The molecule has 3 aromatic rings. The van der Waals surface area contributed by atoms with Gasteiger partial charge in [-0.3, -0.25) is 4.79 Å². The van der Waals surface area contributed by atoms with E-state index in [4.69, 9.17) is 0 Å². The highest BCUT2D eigenvalue weighted by Gasteiger charge is 2.21. The number of carbonyl (C=O) groups is 1. The fourth-order valence-electron chi connectivity index (χ4n) is 4.56. The average molecular weight is 436 g/mol. The van der Waals surface area contributed by atoms with Crippen molar-refractivity contribution in [2.75, 3.05) is 0 Å². The van der Waals surface area contributed by atoms with E-state index in [0.717, 1.165) is 53.3 Å². The Balaban J connectivity index is 1.62. The summed E-state index contributed by atoms with van der Waals surface area (Å²) < 4.78 is 13.4. The number of aromatic amines is 1. The standard InChI is InChI=1S/C26H30FN3O2/c1-17-12-18(2)23-14-20(25(31)29-24(23)13-17)16-30(15-19-8-10-21(27)11-9-19)26(32)28-22-6-4-3-5-7-22/h8-14,22H,3-7,15-16H2,1-2H3,(H,28,32)(H,29,31). The number of hydrogen-bond donors (Lipinski definition) is 2. The highest BCUT2D eigenvalue weighted by molar-refractivity contribution is 5.83. The molecule has 2 aromatic carbocycles. The number of amides is 2. The van der Waals surface area contributed by atoms with Gasteiger partial charge in [-0.15, -0.1) is 0 Å². The largest absolute Gasteiger partial charge is 0.335 e. The molecule has 0 bridgehead atoms. The van der Waals surface area contributed by atoms with Crippen molar-refractivity contribution in [1.29, 1.82) is 0 Å². The van der Waals surface area contributed by atoms with Gasteiger partial charge >= 0.3 is 6.03 Å². The van der Waals surface area contributed by atoms with Gasteiger partial charge in [-0.25, -0.2) is 9.18 Å². The molecule has 1 saturated carbocycles. The number of hydrogen-bond acceptors (Lipinski definition) is 2. The molecule has 5 nitrogen and oxygen atoms in total. The molecule has 6 heteroatoms. The monoisotopic (exact) mass is 435 g/mol. The van der Waals surface area contributed by atoms with Crippen LogP contribution in [0.25, 0.3) is 10.9 Å². The molecule has 1 heterocycles. The van der Waals surface area contributed by atoms with Gasteiger partial charge in [0.1, 0.15) is 5.82 Å². The molecule has 1 fully saturated rings. The quantitative estimate of drug-likeness (QED) is 0.569. The molecule has 0 aliphatic heterocycles. The Morgan fingerprint density at radius 2 is 1.78 bits per heavy atom. The van der Waals surface area contributed by atoms with Crippen molar-refractivity contribution in [2.45, 2.75) is 65.1 Å². The van der Waals surface area contributed by atoms with Crippen LogP contribution in [0.3, 0.4) is 0 Å². The van der Waals surface area contributed by atoms with Crippen LogP contribution < -0.4 is 10.9 Å². The maximum atomic E-state index is 13.4. The van der Waals surface area contributed by atoms with Gasteiger partial charge in [0.2, 0.25) is 0 Å². The van der Waals surface area contributed by atoms with Gasteiger partial charge in [-0.2, -0.15) is 0 Å².